The van der Waals surface area contributed by atoms with Crippen LogP contribution in [0.15, 0.2) is 0 Å². The Morgan fingerprint density at radius 1 is 1.33 bits per heavy atom. The summed E-state index contributed by atoms with van der Waals surface area (Å²) < 4.78 is 0. The first kappa shape index (κ1) is 14.8. The largest absolute Gasteiger partial charge is 0.480 e. The van der Waals surface area contributed by atoms with Gasteiger partial charge in [-0.3, -0.25) is 4.79 Å². The average molecular weight is 256 g/mol. The van der Waals surface area contributed by atoms with Gasteiger partial charge >= 0.3 is 12.0 Å². The SMILES string of the molecule is CCCN(C(=O)N(CC(=O)O)C(C)CC)C1CC1. The maximum Gasteiger partial charge on any atom is 0.323 e. The Labute approximate surface area is 109 Å². The molecule has 1 aliphatic rings. The standard InChI is InChI=1S/C13H24N2O3/c1-4-8-14(11-6-7-11)13(18)15(9-12(16)17)10(3)5-2/h10-11H,4-9H2,1-3H3,(H,16,17). The number of amides is 2. The van der Waals surface area contributed by atoms with Crippen molar-refractivity contribution in [2.75, 3.05) is 13.1 Å². The van der Waals surface area contributed by atoms with Crippen LogP contribution < -0.4 is 0 Å². The summed E-state index contributed by atoms with van der Waals surface area (Å²) in [7, 11) is 0. The van der Waals surface area contributed by atoms with E-state index >= 15 is 0 Å². The fraction of sp³-hybridized carbons (Fsp3) is 0.846. The number of urea groups is 1. The number of carboxylic acids is 1. The molecule has 0 aromatic carbocycles. The second kappa shape index (κ2) is 6.61. The molecule has 5 nitrogen and oxygen atoms in total. The summed E-state index contributed by atoms with van der Waals surface area (Å²) in [5, 5.41) is 8.93. The fourth-order valence-electron chi connectivity index (χ4n) is 2.00. The first-order valence-electron chi connectivity index (χ1n) is 6.80. The fourth-order valence-corrected chi connectivity index (χ4v) is 2.00. The minimum absolute atomic E-state index is 0.0355. The zero-order valence-electron chi connectivity index (χ0n) is 11.6. The molecule has 0 bridgehead atoms. The quantitative estimate of drug-likeness (QED) is 0.759. The van der Waals surface area contributed by atoms with Gasteiger partial charge in [-0.1, -0.05) is 13.8 Å². The van der Waals surface area contributed by atoms with Gasteiger partial charge in [0.1, 0.15) is 6.54 Å². The van der Waals surface area contributed by atoms with Crippen LogP contribution >= 0.6 is 0 Å². The Kier molecular flexibility index (Phi) is 5.44. The molecule has 0 spiro atoms. The van der Waals surface area contributed by atoms with Crippen molar-refractivity contribution in [3.05, 3.63) is 0 Å². The van der Waals surface area contributed by atoms with Crippen molar-refractivity contribution < 1.29 is 14.7 Å². The average Bonchev–Trinajstić information content (AvgIpc) is 3.15. The third-order valence-corrected chi connectivity index (χ3v) is 3.37. The van der Waals surface area contributed by atoms with Gasteiger partial charge in [-0.15, -0.1) is 0 Å². The predicted octanol–water partition coefficient (Wildman–Crippen LogP) is 2.17. The van der Waals surface area contributed by atoms with Crippen molar-refractivity contribution in [3.8, 4) is 0 Å². The second-order valence-electron chi connectivity index (χ2n) is 4.99. The van der Waals surface area contributed by atoms with Gasteiger partial charge in [-0.05, 0) is 32.6 Å². The van der Waals surface area contributed by atoms with Crippen molar-refractivity contribution in [1.82, 2.24) is 9.80 Å². The third kappa shape index (κ3) is 3.89. The molecule has 0 saturated heterocycles. The van der Waals surface area contributed by atoms with Crippen molar-refractivity contribution in [3.63, 3.8) is 0 Å². The number of carboxylic acid groups (broad SMARTS) is 1. The highest BCUT2D eigenvalue weighted by Gasteiger charge is 2.35. The van der Waals surface area contributed by atoms with E-state index in [4.69, 9.17) is 5.11 Å². The molecule has 18 heavy (non-hydrogen) atoms. The first-order valence-corrected chi connectivity index (χ1v) is 6.80. The molecule has 1 aliphatic carbocycles. The first-order chi connectivity index (χ1) is 8.51. The smallest absolute Gasteiger partial charge is 0.323 e. The third-order valence-electron chi connectivity index (χ3n) is 3.37. The number of carbonyl (C=O) groups excluding carboxylic acids is 1. The molecular formula is C13H24N2O3. The lowest BCUT2D eigenvalue weighted by atomic mass is 10.2. The van der Waals surface area contributed by atoms with E-state index in [9.17, 15) is 9.59 Å². The van der Waals surface area contributed by atoms with Crippen LogP contribution in [-0.4, -0.2) is 52.1 Å². The summed E-state index contributed by atoms with van der Waals surface area (Å²) in [6.45, 7) is 6.41. The van der Waals surface area contributed by atoms with Gasteiger partial charge in [0, 0.05) is 18.6 Å². The molecule has 0 aromatic heterocycles. The van der Waals surface area contributed by atoms with E-state index in [2.05, 4.69) is 0 Å². The molecule has 1 N–H and O–H groups in total. The van der Waals surface area contributed by atoms with Crippen molar-refractivity contribution in [2.45, 2.75) is 58.5 Å². The highest BCUT2D eigenvalue weighted by atomic mass is 16.4. The topological polar surface area (TPSA) is 60.9 Å². The monoisotopic (exact) mass is 256 g/mol. The van der Waals surface area contributed by atoms with E-state index < -0.39 is 5.97 Å². The maximum absolute atomic E-state index is 12.4. The Bertz CT molecular complexity index is 303. The van der Waals surface area contributed by atoms with Crippen molar-refractivity contribution in [1.29, 1.82) is 0 Å². The highest BCUT2D eigenvalue weighted by molar-refractivity contribution is 5.81. The number of hydrogen-bond acceptors (Lipinski definition) is 2. The number of hydrogen-bond donors (Lipinski definition) is 1. The zero-order chi connectivity index (χ0) is 13.7. The van der Waals surface area contributed by atoms with Gasteiger partial charge < -0.3 is 14.9 Å². The number of rotatable bonds is 7. The molecule has 2 amide bonds. The van der Waals surface area contributed by atoms with Crippen LogP contribution in [0.1, 0.15) is 46.5 Å². The van der Waals surface area contributed by atoms with Crippen LogP contribution in [0.4, 0.5) is 4.79 Å². The molecule has 0 radical (unpaired) electrons. The molecule has 1 atom stereocenters. The summed E-state index contributed by atoms with van der Waals surface area (Å²) in [4.78, 5) is 26.7. The molecule has 1 unspecified atom stereocenters. The molecule has 104 valence electrons. The van der Waals surface area contributed by atoms with Crippen LogP contribution in [0.25, 0.3) is 0 Å². The maximum atomic E-state index is 12.4. The van der Waals surface area contributed by atoms with Crippen molar-refractivity contribution >= 4 is 12.0 Å². The number of nitrogens with zero attached hydrogens (tertiary/aromatic N) is 2. The normalized spacial score (nSPS) is 16.2. The van der Waals surface area contributed by atoms with Crippen LogP contribution in [0.5, 0.6) is 0 Å². The lowest BCUT2D eigenvalue weighted by molar-refractivity contribution is -0.138. The highest BCUT2D eigenvalue weighted by Crippen LogP contribution is 2.28. The van der Waals surface area contributed by atoms with E-state index in [1.165, 1.54) is 4.90 Å². The number of aliphatic carboxylic acids is 1. The molecule has 1 saturated carbocycles. The lowest BCUT2D eigenvalue weighted by Crippen LogP contribution is -2.50. The van der Waals surface area contributed by atoms with Gasteiger partial charge in [0.2, 0.25) is 0 Å². The van der Waals surface area contributed by atoms with Gasteiger partial charge in [-0.2, -0.15) is 0 Å². The molecule has 0 aliphatic heterocycles. The van der Waals surface area contributed by atoms with Crippen molar-refractivity contribution in [2.24, 2.45) is 0 Å². The Morgan fingerprint density at radius 2 is 1.94 bits per heavy atom. The number of carbonyl (C=O) groups is 2. The zero-order valence-corrected chi connectivity index (χ0v) is 11.6. The van der Waals surface area contributed by atoms with E-state index in [0.29, 0.717) is 6.04 Å². The van der Waals surface area contributed by atoms with Gasteiger partial charge in [0.05, 0.1) is 0 Å². The van der Waals surface area contributed by atoms with Gasteiger partial charge in [0.15, 0.2) is 0 Å². The molecule has 0 heterocycles. The molecular weight excluding hydrogens is 232 g/mol. The molecule has 1 rings (SSSR count). The van der Waals surface area contributed by atoms with E-state index in [1.807, 2.05) is 25.7 Å². The van der Waals surface area contributed by atoms with Gasteiger partial charge in [-0.25, -0.2) is 4.79 Å². The Balaban J connectivity index is 2.74. The molecule has 1 fully saturated rings. The molecule has 0 aromatic rings. The van der Waals surface area contributed by atoms with Crippen LogP contribution in [-0.2, 0) is 4.79 Å². The van der Waals surface area contributed by atoms with Gasteiger partial charge in [0.25, 0.3) is 0 Å². The van der Waals surface area contributed by atoms with Crippen LogP contribution in [0, 0.1) is 0 Å². The van der Waals surface area contributed by atoms with Crippen LogP contribution in [0.2, 0.25) is 0 Å². The second-order valence-corrected chi connectivity index (χ2v) is 4.99. The lowest BCUT2D eigenvalue weighted by Gasteiger charge is -2.33. The summed E-state index contributed by atoms with van der Waals surface area (Å²) in [5.74, 6) is -0.948. The summed E-state index contributed by atoms with van der Waals surface area (Å²) in [5.41, 5.74) is 0. The predicted molar refractivity (Wildman–Crippen MR) is 69.5 cm³/mol. The summed E-state index contributed by atoms with van der Waals surface area (Å²) in [6, 6.07) is 0.181. The summed E-state index contributed by atoms with van der Waals surface area (Å²) in [6.07, 6.45) is 3.77. The Morgan fingerprint density at radius 3 is 2.33 bits per heavy atom. The van der Waals surface area contributed by atoms with Crippen LogP contribution in [0.3, 0.4) is 0 Å². The minimum atomic E-state index is -0.948. The van der Waals surface area contributed by atoms with E-state index in [0.717, 1.165) is 32.2 Å². The van der Waals surface area contributed by atoms with E-state index in [1.54, 1.807) is 0 Å². The Hall–Kier alpha value is -1.26. The summed E-state index contributed by atoms with van der Waals surface area (Å²) >= 11 is 0. The minimum Gasteiger partial charge on any atom is -0.480 e. The molecule has 5 heteroatoms. The van der Waals surface area contributed by atoms with E-state index in [-0.39, 0.29) is 18.6 Å².